The summed E-state index contributed by atoms with van der Waals surface area (Å²) < 4.78 is 0. The number of rotatable bonds is 6. The van der Waals surface area contributed by atoms with Crippen molar-refractivity contribution in [1.82, 2.24) is 5.32 Å². The lowest BCUT2D eigenvalue weighted by molar-refractivity contribution is -0.140. The third kappa shape index (κ3) is 3.79. The molecule has 1 aliphatic carbocycles. The maximum Gasteiger partial charge on any atom is 0.307 e. The number of carboxylic acid groups (broad SMARTS) is 1. The predicted octanol–water partition coefficient (Wildman–Crippen LogP) is 0.427. The third-order valence-corrected chi connectivity index (χ3v) is 3.27. The van der Waals surface area contributed by atoms with Crippen LogP contribution in [0.5, 0.6) is 0 Å². The van der Waals surface area contributed by atoms with Gasteiger partial charge >= 0.3 is 5.97 Å². The Bertz CT molecular complexity index is 460. The van der Waals surface area contributed by atoms with E-state index < -0.39 is 23.9 Å². The van der Waals surface area contributed by atoms with E-state index in [0.717, 1.165) is 5.56 Å². The van der Waals surface area contributed by atoms with E-state index in [2.05, 4.69) is 5.32 Å². The molecule has 1 aliphatic rings. The van der Waals surface area contributed by atoms with E-state index in [1.54, 1.807) is 0 Å². The molecule has 1 saturated carbocycles. The summed E-state index contributed by atoms with van der Waals surface area (Å²) in [4.78, 5) is 22.2. The van der Waals surface area contributed by atoms with Gasteiger partial charge in [0.2, 0.25) is 5.91 Å². The van der Waals surface area contributed by atoms with Crippen LogP contribution >= 0.6 is 0 Å². The molecule has 5 heteroatoms. The molecule has 0 spiro atoms. The molecule has 3 N–H and O–H groups in total. The zero-order chi connectivity index (χ0) is 13.8. The van der Waals surface area contributed by atoms with Gasteiger partial charge in [-0.05, 0) is 12.0 Å². The number of hydrogen-bond acceptors (Lipinski definition) is 3. The van der Waals surface area contributed by atoms with Crippen LogP contribution in [0.1, 0.15) is 12.0 Å². The Labute approximate surface area is 111 Å². The predicted molar refractivity (Wildman–Crippen MR) is 68.4 cm³/mol. The van der Waals surface area contributed by atoms with Gasteiger partial charge in [0.1, 0.15) is 0 Å². The molecule has 0 aromatic heterocycles. The zero-order valence-corrected chi connectivity index (χ0v) is 10.5. The van der Waals surface area contributed by atoms with E-state index in [1.165, 1.54) is 0 Å². The van der Waals surface area contributed by atoms with Crippen LogP contribution in [0.3, 0.4) is 0 Å². The van der Waals surface area contributed by atoms with Gasteiger partial charge in [-0.15, -0.1) is 0 Å². The van der Waals surface area contributed by atoms with Crippen molar-refractivity contribution in [2.24, 2.45) is 11.8 Å². The van der Waals surface area contributed by atoms with E-state index in [1.807, 2.05) is 30.3 Å². The number of nitrogens with one attached hydrogen (secondary N) is 1. The van der Waals surface area contributed by atoms with Crippen molar-refractivity contribution >= 4 is 11.9 Å². The SMILES string of the molecule is O=C(O)C1CC1C(=O)NCC(O)Cc1ccccc1. The second-order valence-electron chi connectivity index (χ2n) is 4.88. The highest BCUT2D eigenvalue weighted by Crippen LogP contribution is 2.38. The molecule has 0 saturated heterocycles. The average Bonchev–Trinajstić information content (AvgIpc) is 3.17. The van der Waals surface area contributed by atoms with Crippen LogP contribution in [0.4, 0.5) is 0 Å². The van der Waals surface area contributed by atoms with E-state index >= 15 is 0 Å². The Morgan fingerprint density at radius 1 is 1.26 bits per heavy atom. The molecule has 102 valence electrons. The number of aliphatic hydroxyl groups is 1. The van der Waals surface area contributed by atoms with Crippen molar-refractivity contribution in [2.75, 3.05) is 6.54 Å². The lowest BCUT2D eigenvalue weighted by Crippen LogP contribution is -2.34. The highest BCUT2D eigenvalue weighted by molar-refractivity contribution is 5.89. The summed E-state index contributed by atoms with van der Waals surface area (Å²) >= 11 is 0. The topological polar surface area (TPSA) is 86.6 Å². The number of hydrogen-bond donors (Lipinski definition) is 3. The van der Waals surface area contributed by atoms with Crippen molar-refractivity contribution in [3.8, 4) is 0 Å². The normalized spacial score (nSPS) is 22.6. The van der Waals surface area contributed by atoms with Crippen LogP contribution in [-0.4, -0.2) is 34.7 Å². The highest BCUT2D eigenvalue weighted by atomic mass is 16.4. The fraction of sp³-hybridized carbons (Fsp3) is 0.429. The minimum Gasteiger partial charge on any atom is -0.481 e. The summed E-state index contributed by atoms with van der Waals surface area (Å²) in [6.07, 6.45) is 0.206. The molecular weight excluding hydrogens is 246 g/mol. The Morgan fingerprint density at radius 2 is 1.95 bits per heavy atom. The number of carboxylic acids is 1. The minimum absolute atomic E-state index is 0.149. The first kappa shape index (κ1) is 13.5. The Morgan fingerprint density at radius 3 is 2.53 bits per heavy atom. The molecule has 0 bridgehead atoms. The van der Waals surface area contributed by atoms with Crippen LogP contribution in [0.15, 0.2) is 30.3 Å². The third-order valence-electron chi connectivity index (χ3n) is 3.27. The lowest BCUT2D eigenvalue weighted by Gasteiger charge is -2.11. The van der Waals surface area contributed by atoms with E-state index in [4.69, 9.17) is 5.11 Å². The van der Waals surface area contributed by atoms with Gasteiger partial charge in [0.05, 0.1) is 17.9 Å². The molecule has 1 amide bonds. The first-order valence-corrected chi connectivity index (χ1v) is 6.30. The standard InChI is InChI=1S/C14H17NO4/c16-10(6-9-4-2-1-3-5-9)8-15-13(17)11-7-12(11)14(18)19/h1-5,10-12,16H,6-8H2,(H,15,17)(H,18,19). The monoisotopic (exact) mass is 263 g/mol. The van der Waals surface area contributed by atoms with Gasteiger partial charge in [-0.25, -0.2) is 0 Å². The van der Waals surface area contributed by atoms with Gasteiger partial charge < -0.3 is 15.5 Å². The van der Waals surface area contributed by atoms with E-state index in [-0.39, 0.29) is 12.5 Å². The molecule has 5 nitrogen and oxygen atoms in total. The van der Waals surface area contributed by atoms with Gasteiger partial charge in [0.15, 0.2) is 0 Å². The summed E-state index contributed by atoms with van der Waals surface area (Å²) in [6, 6.07) is 9.50. The first-order valence-electron chi connectivity index (χ1n) is 6.30. The summed E-state index contributed by atoms with van der Waals surface area (Å²) in [5.74, 6) is -2.18. The highest BCUT2D eigenvalue weighted by Gasteiger charge is 2.48. The second kappa shape index (κ2) is 5.84. The molecule has 3 unspecified atom stereocenters. The Balaban J connectivity index is 1.71. The van der Waals surface area contributed by atoms with Gasteiger partial charge in [0, 0.05) is 13.0 Å². The molecule has 3 atom stereocenters. The molecule has 0 aliphatic heterocycles. The molecule has 1 aromatic rings. The average molecular weight is 263 g/mol. The van der Waals surface area contributed by atoms with Crippen molar-refractivity contribution in [2.45, 2.75) is 18.9 Å². The Hall–Kier alpha value is -1.88. The van der Waals surface area contributed by atoms with E-state index in [9.17, 15) is 14.7 Å². The van der Waals surface area contributed by atoms with Gasteiger partial charge in [0.25, 0.3) is 0 Å². The molecule has 0 heterocycles. The zero-order valence-electron chi connectivity index (χ0n) is 10.5. The van der Waals surface area contributed by atoms with Crippen LogP contribution in [-0.2, 0) is 16.0 Å². The first-order chi connectivity index (χ1) is 9.08. The minimum atomic E-state index is -0.926. The molecule has 19 heavy (non-hydrogen) atoms. The summed E-state index contributed by atoms with van der Waals surface area (Å²) in [7, 11) is 0. The van der Waals surface area contributed by atoms with Crippen LogP contribution in [0, 0.1) is 11.8 Å². The number of aliphatic carboxylic acids is 1. The second-order valence-corrected chi connectivity index (χ2v) is 4.88. The fourth-order valence-corrected chi connectivity index (χ4v) is 2.07. The maximum atomic E-state index is 11.6. The van der Waals surface area contributed by atoms with Crippen molar-refractivity contribution in [3.05, 3.63) is 35.9 Å². The van der Waals surface area contributed by atoms with Crippen LogP contribution in [0.25, 0.3) is 0 Å². The molecular formula is C14H17NO4. The fourth-order valence-electron chi connectivity index (χ4n) is 2.07. The van der Waals surface area contributed by atoms with Gasteiger partial charge in [-0.3, -0.25) is 9.59 Å². The quantitative estimate of drug-likeness (QED) is 0.694. The van der Waals surface area contributed by atoms with Gasteiger partial charge in [-0.2, -0.15) is 0 Å². The van der Waals surface area contributed by atoms with Gasteiger partial charge in [-0.1, -0.05) is 30.3 Å². The number of carbonyl (C=O) groups excluding carboxylic acids is 1. The Kier molecular flexibility index (Phi) is 4.16. The molecule has 0 radical (unpaired) electrons. The van der Waals surface area contributed by atoms with Crippen molar-refractivity contribution in [3.63, 3.8) is 0 Å². The number of amides is 1. The number of aliphatic hydroxyl groups excluding tert-OH is 1. The summed E-state index contributed by atoms with van der Waals surface area (Å²) in [5, 5.41) is 21.1. The molecule has 2 rings (SSSR count). The number of carbonyl (C=O) groups is 2. The lowest BCUT2D eigenvalue weighted by atomic mass is 10.1. The van der Waals surface area contributed by atoms with Crippen LogP contribution < -0.4 is 5.32 Å². The maximum absolute atomic E-state index is 11.6. The smallest absolute Gasteiger partial charge is 0.307 e. The van der Waals surface area contributed by atoms with Crippen LogP contribution in [0.2, 0.25) is 0 Å². The molecule has 1 aromatic carbocycles. The van der Waals surface area contributed by atoms with Crippen molar-refractivity contribution < 1.29 is 19.8 Å². The summed E-state index contributed by atoms with van der Waals surface area (Å²) in [5.41, 5.74) is 0.999. The molecule has 1 fully saturated rings. The number of benzene rings is 1. The van der Waals surface area contributed by atoms with E-state index in [0.29, 0.717) is 12.8 Å². The largest absolute Gasteiger partial charge is 0.481 e. The summed E-state index contributed by atoms with van der Waals surface area (Å²) in [6.45, 7) is 0.149. The van der Waals surface area contributed by atoms with Crippen molar-refractivity contribution in [1.29, 1.82) is 0 Å².